The molecule has 5 nitrogen and oxygen atoms in total. The molecule has 0 amide bonds. The SMILES string of the molecule is CCCCCC(C)C(=O)OS(=O)(=O)OCc1ccccc1.[NaH]. The first-order valence-electron chi connectivity index (χ1n) is 7.11. The summed E-state index contributed by atoms with van der Waals surface area (Å²) in [7, 11) is -4.30. The molecular formula is C15H23NaO5S. The molecule has 22 heavy (non-hydrogen) atoms. The van der Waals surface area contributed by atoms with Gasteiger partial charge in [-0.1, -0.05) is 63.4 Å². The number of hydrogen-bond donors (Lipinski definition) is 0. The molecule has 0 aliphatic rings. The first kappa shape index (κ1) is 21.6. The Morgan fingerprint density at radius 2 is 1.82 bits per heavy atom. The fourth-order valence-electron chi connectivity index (χ4n) is 1.74. The fourth-order valence-corrected chi connectivity index (χ4v) is 2.43. The Morgan fingerprint density at radius 3 is 2.41 bits per heavy atom. The molecule has 1 aromatic rings. The molecule has 0 aliphatic heterocycles. The summed E-state index contributed by atoms with van der Waals surface area (Å²) in [6.45, 7) is 3.57. The van der Waals surface area contributed by atoms with Gasteiger partial charge < -0.3 is 4.18 Å². The summed E-state index contributed by atoms with van der Waals surface area (Å²) in [6, 6.07) is 8.81. The van der Waals surface area contributed by atoms with Crippen molar-refractivity contribution in [2.75, 3.05) is 0 Å². The predicted molar refractivity (Wildman–Crippen MR) is 86.7 cm³/mol. The van der Waals surface area contributed by atoms with E-state index >= 15 is 0 Å². The van der Waals surface area contributed by atoms with Gasteiger partial charge >= 0.3 is 45.9 Å². The summed E-state index contributed by atoms with van der Waals surface area (Å²) in [6.07, 6.45) is 3.54. The van der Waals surface area contributed by atoms with Crippen molar-refractivity contribution in [3.8, 4) is 0 Å². The quantitative estimate of drug-likeness (QED) is 0.511. The molecule has 1 unspecified atom stereocenters. The maximum absolute atomic E-state index is 11.7. The second-order valence-electron chi connectivity index (χ2n) is 4.96. The molecule has 1 rings (SSSR count). The molecule has 0 spiro atoms. The minimum absolute atomic E-state index is 0. The Labute approximate surface area is 155 Å². The molecule has 0 saturated heterocycles. The van der Waals surface area contributed by atoms with Crippen LogP contribution in [0.25, 0.3) is 0 Å². The third kappa shape index (κ3) is 8.90. The van der Waals surface area contributed by atoms with Crippen LogP contribution in [-0.4, -0.2) is 43.9 Å². The van der Waals surface area contributed by atoms with Crippen molar-refractivity contribution in [2.24, 2.45) is 5.92 Å². The molecule has 7 heteroatoms. The zero-order chi connectivity index (χ0) is 15.7. The maximum atomic E-state index is 11.7. The van der Waals surface area contributed by atoms with Gasteiger partial charge in [0.1, 0.15) is 0 Å². The summed E-state index contributed by atoms with van der Waals surface area (Å²) in [5.74, 6) is -1.22. The van der Waals surface area contributed by atoms with Gasteiger partial charge in [0.05, 0.1) is 12.5 Å². The van der Waals surface area contributed by atoms with Gasteiger partial charge in [0.15, 0.2) is 0 Å². The van der Waals surface area contributed by atoms with Gasteiger partial charge in [-0.05, 0) is 12.0 Å². The molecule has 0 aliphatic carbocycles. The van der Waals surface area contributed by atoms with Crippen LogP contribution in [-0.2, 0) is 30.2 Å². The zero-order valence-corrected chi connectivity index (χ0v) is 13.3. The van der Waals surface area contributed by atoms with Gasteiger partial charge in [0.2, 0.25) is 0 Å². The minimum atomic E-state index is -4.30. The van der Waals surface area contributed by atoms with Gasteiger partial charge in [-0.2, -0.15) is 8.42 Å². The fraction of sp³-hybridized carbons (Fsp3) is 0.533. The Morgan fingerprint density at radius 1 is 1.18 bits per heavy atom. The molecule has 0 radical (unpaired) electrons. The van der Waals surface area contributed by atoms with E-state index in [9.17, 15) is 13.2 Å². The van der Waals surface area contributed by atoms with Crippen molar-refractivity contribution in [1.29, 1.82) is 0 Å². The topological polar surface area (TPSA) is 69.7 Å². The van der Waals surface area contributed by atoms with Gasteiger partial charge in [-0.25, -0.2) is 4.18 Å². The van der Waals surface area contributed by atoms with Crippen LogP contribution in [0.2, 0.25) is 0 Å². The van der Waals surface area contributed by atoms with Gasteiger partial charge in [0.25, 0.3) is 0 Å². The Balaban J connectivity index is 0.00000441. The van der Waals surface area contributed by atoms with Crippen molar-refractivity contribution in [3.63, 3.8) is 0 Å². The molecule has 0 saturated carbocycles. The zero-order valence-electron chi connectivity index (χ0n) is 12.4. The van der Waals surface area contributed by atoms with Crippen molar-refractivity contribution in [2.45, 2.75) is 46.1 Å². The molecule has 0 heterocycles. The van der Waals surface area contributed by atoms with E-state index in [1.165, 1.54) is 0 Å². The number of carbonyl (C=O) groups is 1. The summed E-state index contributed by atoms with van der Waals surface area (Å²) in [4.78, 5) is 11.7. The second-order valence-corrected chi connectivity index (χ2v) is 6.17. The number of hydrogen-bond acceptors (Lipinski definition) is 5. The van der Waals surface area contributed by atoms with E-state index in [0.717, 1.165) is 19.3 Å². The molecule has 0 bridgehead atoms. The van der Waals surface area contributed by atoms with Crippen LogP contribution in [0.5, 0.6) is 0 Å². The third-order valence-electron chi connectivity index (χ3n) is 3.04. The number of benzene rings is 1. The van der Waals surface area contributed by atoms with E-state index in [1.807, 2.05) is 6.07 Å². The normalized spacial score (nSPS) is 12.3. The van der Waals surface area contributed by atoms with Crippen LogP contribution in [0.4, 0.5) is 0 Å². The molecule has 1 aromatic carbocycles. The van der Waals surface area contributed by atoms with E-state index in [4.69, 9.17) is 4.18 Å². The molecule has 120 valence electrons. The molecule has 1 atom stereocenters. The van der Waals surface area contributed by atoms with Crippen LogP contribution in [0, 0.1) is 5.92 Å². The van der Waals surface area contributed by atoms with E-state index in [-0.39, 0.29) is 36.2 Å². The first-order chi connectivity index (χ1) is 9.94. The van der Waals surface area contributed by atoms with Crippen molar-refractivity contribution in [3.05, 3.63) is 35.9 Å². The Bertz CT molecular complexity index is 530. The second kappa shape index (κ2) is 11.2. The van der Waals surface area contributed by atoms with E-state index < -0.39 is 22.3 Å². The Kier molecular flexibility index (Phi) is 11.0. The average Bonchev–Trinajstić information content (AvgIpc) is 2.46. The van der Waals surface area contributed by atoms with Crippen LogP contribution in [0.15, 0.2) is 30.3 Å². The summed E-state index contributed by atoms with van der Waals surface area (Å²) in [5, 5.41) is 0. The van der Waals surface area contributed by atoms with Crippen molar-refractivity contribution < 1.29 is 21.6 Å². The van der Waals surface area contributed by atoms with Gasteiger partial charge in [0, 0.05) is 0 Å². The van der Waals surface area contributed by atoms with Crippen LogP contribution in [0.3, 0.4) is 0 Å². The van der Waals surface area contributed by atoms with Crippen LogP contribution < -0.4 is 0 Å². The van der Waals surface area contributed by atoms with E-state index in [0.29, 0.717) is 12.0 Å². The molecule has 0 N–H and O–H groups in total. The number of carbonyl (C=O) groups excluding carboxylic acids is 1. The number of unbranched alkanes of at least 4 members (excludes halogenated alkanes) is 2. The Hall–Kier alpha value is -0.400. The average molecular weight is 338 g/mol. The molecule has 0 fully saturated rings. The summed E-state index contributed by atoms with van der Waals surface area (Å²) in [5.41, 5.74) is 0.688. The van der Waals surface area contributed by atoms with E-state index in [2.05, 4.69) is 11.1 Å². The molecular weight excluding hydrogens is 315 g/mol. The van der Waals surface area contributed by atoms with Gasteiger partial charge in [-0.3, -0.25) is 4.79 Å². The molecule has 0 aromatic heterocycles. The predicted octanol–water partition coefficient (Wildman–Crippen LogP) is 2.56. The summed E-state index contributed by atoms with van der Waals surface area (Å²) < 4.78 is 32.3. The van der Waals surface area contributed by atoms with E-state index in [1.54, 1.807) is 31.2 Å². The van der Waals surface area contributed by atoms with Crippen molar-refractivity contribution >= 4 is 45.9 Å². The van der Waals surface area contributed by atoms with Gasteiger partial charge in [-0.15, -0.1) is 0 Å². The monoisotopic (exact) mass is 338 g/mol. The third-order valence-corrected chi connectivity index (χ3v) is 3.81. The van der Waals surface area contributed by atoms with Crippen LogP contribution in [0.1, 0.15) is 45.1 Å². The summed E-state index contributed by atoms with van der Waals surface area (Å²) >= 11 is 0. The van der Waals surface area contributed by atoms with Crippen LogP contribution >= 0.6 is 0 Å². The number of rotatable bonds is 9. The standard InChI is InChI=1S/C15H22O5S.Na.H/c1-3-4-6-9-13(2)15(16)20-21(17,18)19-12-14-10-7-5-8-11-14;;/h5,7-8,10-11,13H,3-4,6,9,12H2,1-2H3;;. The first-order valence-corrected chi connectivity index (χ1v) is 8.44. The van der Waals surface area contributed by atoms with Crippen molar-refractivity contribution in [1.82, 2.24) is 0 Å².